The smallest absolute Gasteiger partial charge is 0.150 e. The van der Waals surface area contributed by atoms with Crippen LogP contribution in [-0.4, -0.2) is 29.4 Å². The number of oxime groups is 1. The van der Waals surface area contributed by atoms with Crippen molar-refractivity contribution < 1.29 is 9.94 Å². The van der Waals surface area contributed by atoms with Crippen molar-refractivity contribution in [2.24, 2.45) is 5.16 Å². The van der Waals surface area contributed by atoms with Gasteiger partial charge in [0, 0.05) is 5.88 Å². The zero-order chi connectivity index (χ0) is 8.74. The number of hydrogen-bond acceptors (Lipinski definition) is 3. The van der Waals surface area contributed by atoms with Crippen LogP contribution in [-0.2, 0) is 4.84 Å². The van der Waals surface area contributed by atoms with Gasteiger partial charge in [-0.25, -0.2) is 0 Å². The molecule has 0 spiro atoms. The molecule has 4 heteroatoms. The van der Waals surface area contributed by atoms with Gasteiger partial charge in [0.1, 0.15) is 5.60 Å². The molecule has 0 aromatic rings. The summed E-state index contributed by atoms with van der Waals surface area (Å²) in [6, 6.07) is 0. The molecular weight excluding hydrogens is 166 g/mol. The Morgan fingerprint density at radius 3 is 2.64 bits per heavy atom. The van der Waals surface area contributed by atoms with Gasteiger partial charge in [0.25, 0.3) is 0 Å². The molecular formula is C7H12ClNO2. The third kappa shape index (κ3) is 5.88. The molecule has 11 heavy (non-hydrogen) atoms. The summed E-state index contributed by atoms with van der Waals surface area (Å²) in [4.78, 5) is 4.48. The van der Waals surface area contributed by atoms with Gasteiger partial charge >= 0.3 is 0 Å². The fourth-order valence-electron chi connectivity index (χ4n) is 0.356. The maximum absolute atomic E-state index is 8.92. The van der Waals surface area contributed by atoms with Gasteiger partial charge in [0.05, 0.1) is 6.21 Å². The van der Waals surface area contributed by atoms with E-state index in [4.69, 9.17) is 16.7 Å². The number of hydrogen-bond donors (Lipinski definition) is 1. The standard InChI is InChI=1S/C4H7NO2.C3H5Cl/c1-4(6)2-5-7-3-4;1-2-3-4/h2,6H,3H2,1H3;2H,1,3H2/t4-;/m0./s1. The minimum Gasteiger partial charge on any atom is -0.392 e. The van der Waals surface area contributed by atoms with Crippen molar-refractivity contribution in [1.29, 1.82) is 0 Å². The van der Waals surface area contributed by atoms with E-state index in [-0.39, 0.29) is 6.61 Å². The molecule has 0 unspecified atom stereocenters. The lowest BCUT2D eigenvalue weighted by Gasteiger charge is -2.05. The minimum absolute atomic E-state index is 0.285. The first kappa shape index (κ1) is 10.5. The molecule has 0 aromatic heterocycles. The van der Waals surface area contributed by atoms with Crippen LogP contribution < -0.4 is 0 Å². The average Bonchev–Trinajstić information content (AvgIpc) is 2.35. The summed E-state index contributed by atoms with van der Waals surface area (Å²) in [5, 5.41) is 12.3. The summed E-state index contributed by atoms with van der Waals surface area (Å²) >= 11 is 5.07. The Kier molecular flexibility index (Phi) is 4.90. The Morgan fingerprint density at radius 1 is 2.00 bits per heavy atom. The van der Waals surface area contributed by atoms with E-state index in [1.807, 2.05) is 0 Å². The Morgan fingerprint density at radius 2 is 2.55 bits per heavy atom. The van der Waals surface area contributed by atoms with Gasteiger partial charge < -0.3 is 9.94 Å². The van der Waals surface area contributed by atoms with E-state index in [0.29, 0.717) is 5.88 Å². The summed E-state index contributed by atoms with van der Waals surface area (Å²) in [6.45, 7) is 5.27. The highest BCUT2D eigenvalue weighted by atomic mass is 35.5. The lowest BCUT2D eigenvalue weighted by atomic mass is 10.2. The predicted molar refractivity (Wildman–Crippen MR) is 46.0 cm³/mol. The summed E-state index contributed by atoms with van der Waals surface area (Å²) in [7, 11) is 0. The third-order valence-electron chi connectivity index (χ3n) is 0.871. The molecule has 64 valence electrons. The zero-order valence-electron chi connectivity index (χ0n) is 6.46. The molecule has 1 aliphatic rings. The van der Waals surface area contributed by atoms with Gasteiger partial charge in [0.2, 0.25) is 0 Å². The van der Waals surface area contributed by atoms with Gasteiger partial charge in [0.15, 0.2) is 6.61 Å². The average molecular weight is 178 g/mol. The van der Waals surface area contributed by atoms with Crippen LogP contribution in [0.25, 0.3) is 0 Å². The van der Waals surface area contributed by atoms with Crippen molar-refractivity contribution in [2.75, 3.05) is 12.5 Å². The lowest BCUT2D eigenvalue weighted by molar-refractivity contribution is 0.0476. The molecule has 1 atom stereocenters. The molecule has 0 saturated heterocycles. The predicted octanol–water partition coefficient (Wildman–Crippen LogP) is 1.16. The highest BCUT2D eigenvalue weighted by Crippen LogP contribution is 2.05. The number of aliphatic hydroxyl groups is 1. The maximum Gasteiger partial charge on any atom is 0.150 e. The molecule has 0 amide bonds. The van der Waals surface area contributed by atoms with Crippen LogP contribution in [0.4, 0.5) is 0 Å². The minimum atomic E-state index is -0.819. The third-order valence-corrected chi connectivity index (χ3v) is 1.09. The molecule has 3 nitrogen and oxygen atoms in total. The second kappa shape index (κ2) is 5.16. The van der Waals surface area contributed by atoms with Crippen molar-refractivity contribution in [3.8, 4) is 0 Å². The number of allylic oxidation sites excluding steroid dienone is 1. The summed E-state index contributed by atoms with van der Waals surface area (Å²) in [6.07, 6.45) is 3.02. The van der Waals surface area contributed by atoms with Crippen LogP contribution in [0.1, 0.15) is 6.92 Å². The van der Waals surface area contributed by atoms with Gasteiger partial charge in [-0.2, -0.15) is 0 Å². The normalized spacial score (nSPS) is 26.8. The van der Waals surface area contributed by atoms with E-state index in [0.717, 1.165) is 0 Å². The van der Waals surface area contributed by atoms with Gasteiger partial charge in [-0.15, -0.1) is 18.2 Å². The monoisotopic (exact) mass is 177 g/mol. The van der Waals surface area contributed by atoms with Crippen molar-refractivity contribution in [3.63, 3.8) is 0 Å². The van der Waals surface area contributed by atoms with E-state index >= 15 is 0 Å². The summed E-state index contributed by atoms with van der Waals surface area (Å²) in [5.41, 5.74) is -0.819. The highest BCUT2D eigenvalue weighted by Gasteiger charge is 2.22. The Balaban J connectivity index is 0.000000218. The Labute approximate surface area is 71.3 Å². The fourth-order valence-corrected chi connectivity index (χ4v) is 0.356. The van der Waals surface area contributed by atoms with E-state index in [1.54, 1.807) is 13.0 Å². The quantitative estimate of drug-likeness (QED) is 0.483. The molecule has 0 aromatic carbocycles. The Bertz CT molecular complexity index is 145. The summed E-state index contributed by atoms with van der Waals surface area (Å²) in [5.74, 6) is 0.556. The second-order valence-corrected chi connectivity index (χ2v) is 2.62. The first-order valence-corrected chi connectivity index (χ1v) is 3.71. The molecule has 1 rings (SSSR count). The zero-order valence-corrected chi connectivity index (χ0v) is 7.21. The largest absolute Gasteiger partial charge is 0.392 e. The van der Waals surface area contributed by atoms with Crippen molar-refractivity contribution >= 4 is 17.8 Å². The SMILES string of the molecule is C=CCCl.C[C@]1(O)C=NOC1. The van der Waals surface area contributed by atoms with Gasteiger partial charge in [-0.05, 0) is 6.92 Å². The van der Waals surface area contributed by atoms with Crippen LogP contribution in [0, 0.1) is 0 Å². The lowest BCUT2D eigenvalue weighted by Crippen LogP contribution is -2.26. The number of alkyl halides is 1. The van der Waals surface area contributed by atoms with Gasteiger partial charge in [-0.1, -0.05) is 11.2 Å². The van der Waals surface area contributed by atoms with Crippen LogP contribution in [0.5, 0.6) is 0 Å². The van der Waals surface area contributed by atoms with Crippen molar-refractivity contribution in [3.05, 3.63) is 12.7 Å². The molecule has 0 saturated carbocycles. The van der Waals surface area contributed by atoms with Crippen molar-refractivity contribution in [1.82, 2.24) is 0 Å². The first-order chi connectivity index (χ1) is 5.12. The molecule has 0 fully saturated rings. The molecule has 1 heterocycles. The van der Waals surface area contributed by atoms with Crippen molar-refractivity contribution in [2.45, 2.75) is 12.5 Å². The number of nitrogens with zero attached hydrogens (tertiary/aromatic N) is 1. The number of rotatable bonds is 1. The molecule has 1 N–H and O–H groups in total. The maximum atomic E-state index is 8.92. The first-order valence-electron chi connectivity index (χ1n) is 3.18. The fraction of sp³-hybridized carbons (Fsp3) is 0.571. The van der Waals surface area contributed by atoms with E-state index in [2.05, 4.69) is 16.6 Å². The summed E-state index contributed by atoms with van der Waals surface area (Å²) < 4.78 is 0. The topological polar surface area (TPSA) is 41.8 Å². The number of halogens is 1. The second-order valence-electron chi connectivity index (χ2n) is 2.31. The van der Waals surface area contributed by atoms with Crippen LogP contribution >= 0.6 is 11.6 Å². The van der Waals surface area contributed by atoms with E-state index < -0.39 is 5.60 Å². The highest BCUT2D eigenvalue weighted by molar-refractivity contribution is 6.18. The van der Waals surface area contributed by atoms with Crippen LogP contribution in [0.2, 0.25) is 0 Å². The van der Waals surface area contributed by atoms with Crippen LogP contribution in [0.15, 0.2) is 17.8 Å². The van der Waals surface area contributed by atoms with Crippen LogP contribution in [0.3, 0.4) is 0 Å². The molecule has 1 aliphatic heterocycles. The Hall–Kier alpha value is -0.540. The van der Waals surface area contributed by atoms with E-state index in [9.17, 15) is 0 Å². The molecule has 0 aliphatic carbocycles. The molecule has 0 radical (unpaired) electrons. The molecule has 0 bridgehead atoms. The van der Waals surface area contributed by atoms with E-state index in [1.165, 1.54) is 6.21 Å². The van der Waals surface area contributed by atoms with Gasteiger partial charge in [-0.3, -0.25) is 0 Å².